The van der Waals surface area contributed by atoms with E-state index < -0.39 is 17.5 Å². The number of carbonyl (C=O) groups is 3. The van der Waals surface area contributed by atoms with Gasteiger partial charge in [-0.2, -0.15) is 0 Å². The minimum Gasteiger partial charge on any atom is -0.495 e. The van der Waals surface area contributed by atoms with Crippen LogP contribution in [0.4, 0.5) is 5.69 Å². The summed E-state index contributed by atoms with van der Waals surface area (Å²) in [5, 5.41) is 2.95. The molecule has 31 heavy (non-hydrogen) atoms. The van der Waals surface area contributed by atoms with Crippen molar-refractivity contribution >= 4 is 34.4 Å². The number of rotatable bonds is 6. The fourth-order valence-electron chi connectivity index (χ4n) is 3.44. The molecule has 0 saturated carbocycles. The molecule has 0 bridgehead atoms. The van der Waals surface area contributed by atoms with Crippen molar-refractivity contribution in [3.8, 4) is 5.75 Å². The van der Waals surface area contributed by atoms with Crippen molar-refractivity contribution in [1.82, 2.24) is 10.3 Å². The lowest BCUT2D eigenvalue weighted by molar-refractivity contribution is -0.129. The Morgan fingerprint density at radius 3 is 2.48 bits per heavy atom. The summed E-state index contributed by atoms with van der Waals surface area (Å²) in [6, 6.07) is 11.3. The number of methoxy groups -OCH3 is 1. The minimum atomic E-state index is -1.02. The van der Waals surface area contributed by atoms with E-state index in [0.29, 0.717) is 22.9 Å². The molecule has 1 aliphatic heterocycles. The summed E-state index contributed by atoms with van der Waals surface area (Å²) in [5.74, 6) is -0.336. The van der Waals surface area contributed by atoms with Gasteiger partial charge in [-0.1, -0.05) is 30.0 Å². The van der Waals surface area contributed by atoms with Gasteiger partial charge in [-0.05, 0) is 45.0 Å². The summed E-state index contributed by atoms with van der Waals surface area (Å²) in [7, 11) is 1.52. The number of hydrogen-bond donors (Lipinski definition) is 1. The van der Waals surface area contributed by atoms with Gasteiger partial charge in [0.1, 0.15) is 5.75 Å². The van der Waals surface area contributed by atoms with Gasteiger partial charge in [0, 0.05) is 23.9 Å². The summed E-state index contributed by atoms with van der Waals surface area (Å²) in [5.41, 5.74) is 0.373. The van der Waals surface area contributed by atoms with Crippen molar-refractivity contribution in [2.75, 3.05) is 17.8 Å². The zero-order valence-electron chi connectivity index (χ0n) is 18.1. The first-order chi connectivity index (χ1) is 14.7. The second-order valence-corrected chi connectivity index (χ2v) is 9.44. The molecule has 1 aromatic carbocycles. The third-order valence-electron chi connectivity index (χ3n) is 4.76. The maximum atomic E-state index is 13.7. The van der Waals surface area contributed by atoms with Crippen molar-refractivity contribution in [2.24, 2.45) is 5.92 Å². The molecule has 0 spiro atoms. The largest absolute Gasteiger partial charge is 0.495 e. The van der Waals surface area contributed by atoms with Gasteiger partial charge in [0.05, 0.1) is 24.4 Å². The Bertz CT molecular complexity index is 959. The smallest absolute Gasteiger partial charge is 0.249 e. The highest BCUT2D eigenvalue weighted by Crippen LogP contribution is 2.38. The topological polar surface area (TPSA) is 88.6 Å². The van der Waals surface area contributed by atoms with Crippen LogP contribution in [-0.2, 0) is 14.4 Å². The van der Waals surface area contributed by atoms with Crippen molar-refractivity contribution in [2.45, 2.75) is 38.8 Å². The number of benzene rings is 1. The third kappa shape index (κ3) is 5.44. The van der Waals surface area contributed by atoms with Crippen LogP contribution in [0.5, 0.6) is 5.75 Å². The number of hydrogen-bond acceptors (Lipinski definition) is 6. The fraction of sp³-hybridized carbons (Fsp3) is 0.391. The molecule has 2 amide bonds. The Balaban J connectivity index is 2.16. The van der Waals surface area contributed by atoms with Crippen molar-refractivity contribution < 1.29 is 19.1 Å². The number of carbonyl (C=O) groups excluding carboxylic acids is 3. The van der Waals surface area contributed by atoms with Gasteiger partial charge in [-0.3, -0.25) is 24.3 Å². The highest BCUT2D eigenvalue weighted by atomic mass is 32.2. The predicted octanol–water partition coefficient (Wildman–Crippen LogP) is 3.36. The Morgan fingerprint density at radius 1 is 1.19 bits per heavy atom. The minimum absolute atomic E-state index is 0.0214. The molecular weight excluding hydrogens is 414 g/mol. The van der Waals surface area contributed by atoms with Gasteiger partial charge >= 0.3 is 0 Å². The first-order valence-electron chi connectivity index (χ1n) is 10.1. The van der Waals surface area contributed by atoms with Crippen LogP contribution in [0, 0.1) is 5.92 Å². The number of pyridine rings is 1. The highest BCUT2D eigenvalue weighted by Gasteiger charge is 2.41. The normalized spacial score (nSPS) is 17.2. The van der Waals surface area contributed by atoms with E-state index in [9.17, 15) is 14.4 Å². The van der Waals surface area contributed by atoms with Crippen LogP contribution < -0.4 is 15.0 Å². The van der Waals surface area contributed by atoms with Crippen LogP contribution >= 0.6 is 11.8 Å². The second-order valence-electron chi connectivity index (χ2n) is 8.36. The number of ether oxygens (including phenoxy) is 1. The summed E-state index contributed by atoms with van der Waals surface area (Å²) < 4.78 is 5.51. The number of aromatic nitrogens is 1. The third-order valence-corrected chi connectivity index (χ3v) is 5.82. The molecule has 1 aromatic heterocycles. The first-order valence-corrected chi connectivity index (χ1v) is 11.0. The molecule has 0 unspecified atom stereocenters. The number of thioether (sulfide) groups is 1. The molecule has 2 aromatic rings. The van der Waals surface area contributed by atoms with Gasteiger partial charge in [-0.25, -0.2) is 0 Å². The SMILES string of the molecule is COc1ccccc1N(C(=O)[C@H]1CSC(=O)C1)[C@H](C(=O)NC(C)(C)C)c1ccccn1. The molecule has 1 saturated heterocycles. The van der Waals surface area contributed by atoms with Crippen LogP contribution in [0.1, 0.15) is 38.9 Å². The Labute approximate surface area is 186 Å². The fourth-order valence-corrected chi connectivity index (χ4v) is 4.41. The highest BCUT2D eigenvalue weighted by molar-refractivity contribution is 8.14. The molecule has 3 rings (SSSR count). The van der Waals surface area contributed by atoms with E-state index in [2.05, 4.69) is 10.3 Å². The lowest BCUT2D eigenvalue weighted by atomic mass is 10.0. The van der Waals surface area contributed by atoms with Crippen LogP contribution in [0.15, 0.2) is 48.7 Å². The molecule has 0 radical (unpaired) electrons. The maximum Gasteiger partial charge on any atom is 0.249 e. The van der Waals surface area contributed by atoms with E-state index in [1.807, 2.05) is 20.8 Å². The molecule has 1 aliphatic rings. The van der Waals surface area contributed by atoms with Crippen LogP contribution in [0.25, 0.3) is 0 Å². The standard InChI is InChI=1S/C23H27N3O4S/c1-23(2,3)25-21(28)20(16-9-7-8-12-24-16)26(17-10-5-6-11-18(17)30-4)22(29)15-13-19(27)31-14-15/h5-12,15,20H,13-14H2,1-4H3,(H,25,28)/t15-,20+/m1/s1. The van der Waals surface area contributed by atoms with Crippen molar-refractivity contribution in [3.05, 3.63) is 54.4 Å². The molecule has 8 heteroatoms. The van der Waals surface area contributed by atoms with Gasteiger partial charge in [0.25, 0.3) is 0 Å². The molecule has 1 fully saturated rings. The average molecular weight is 442 g/mol. The van der Waals surface area contributed by atoms with E-state index in [-0.39, 0.29) is 23.4 Å². The number of nitrogens with zero attached hydrogens (tertiary/aromatic N) is 2. The average Bonchev–Trinajstić information content (AvgIpc) is 3.17. The Kier molecular flexibility index (Phi) is 7.00. The summed E-state index contributed by atoms with van der Waals surface area (Å²) in [6.45, 7) is 5.63. The lowest BCUT2D eigenvalue weighted by Crippen LogP contribution is -2.51. The predicted molar refractivity (Wildman–Crippen MR) is 121 cm³/mol. The molecular formula is C23H27N3O4S. The second kappa shape index (κ2) is 9.51. The van der Waals surface area contributed by atoms with E-state index >= 15 is 0 Å². The number of nitrogens with one attached hydrogen (secondary N) is 1. The molecule has 1 N–H and O–H groups in total. The maximum absolute atomic E-state index is 13.7. The molecule has 164 valence electrons. The van der Waals surface area contributed by atoms with Crippen molar-refractivity contribution in [1.29, 1.82) is 0 Å². The molecule has 2 atom stereocenters. The van der Waals surface area contributed by atoms with Crippen LogP contribution in [-0.4, -0.2) is 40.3 Å². The van der Waals surface area contributed by atoms with Gasteiger partial charge < -0.3 is 10.1 Å². The monoisotopic (exact) mass is 441 g/mol. The summed E-state index contributed by atoms with van der Waals surface area (Å²) >= 11 is 1.15. The van der Waals surface area contributed by atoms with Gasteiger partial charge in [-0.15, -0.1) is 0 Å². The zero-order chi connectivity index (χ0) is 22.6. The molecule has 7 nitrogen and oxygen atoms in total. The number of anilines is 1. The first kappa shape index (κ1) is 22.8. The van der Waals surface area contributed by atoms with E-state index in [0.717, 1.165) is 11.8 Å². The van der Waals surface area contributed by atoms with E-state index in [4.69, 9.17) is 4.74 Å². The number of para-hydroxylation sites is 2. The number of amides is 2. The van der Waals surface area contributed by atoms with E-state index in [1.165, 1.54) is 12.0 Å². The van der Waals surface area contributed by atoms with Gasteiger partial charge in [0.15, 0.2) is 11.2 Å². The van der Waals surface area contributed by atoms with Gasteiger partial charge in [0.2, 0.25) is 11.8 Å². The quantitative estimate of drug-likeness (QED) is 0.740. The van der Waals surface area contributed by atoms with E-state index in [1.54, 1.807) is 48.7 Å². The zero-order valence-corrected chi connectivity index (χ0v) is 18.9. The molecule has 0 aliphatic carbocycles. The van der Waals surface area contributed by atoms with Crippen LogP contribution in [0.2, 0.25) is 0 Å². The Morgan fingerprint density at radius 2 is 1.90 bits per heavy atom. The Hall–Kier alpha value is -2.87. The lowest BCUT2D eigenvalue weighted by Gasteiger charge is -2.35. The van der Waals surface area contributed by atoms with Crippen molar-refractivity contribution in [3.63, 3.8) is 0 Å². The van der Waals surface area contributed by atoms with Crippen LogP contribution in [0.3, 0.4) is 0 Å². The molecule has 2 heterocycles. The summed E-state index contributed by atoms with van der Waals surface area (Å²) in [6.07, 6.45) is 1.73. The summed E-state index contributed by atoms with van der Waals surface area (Å²) in [4.78, 5) is 44.9.